The van der Waals surface area contributed by atoms with Crippen LogP contribution in [0.15, 0.2) is 4.52 Å². The summed E-state index contributed by atoms with van der Waals surface area (Å²) in [7, 11) is 7.71. The van der Waals surface area contributed by atoms with E-state index in [1.165, 1.54) is 0 Å². The van der Waals surface area contributed by atoms with Crippen LogP contribution in [0.4, 0.5) is 17.8 Å². The van der Waals surface area contributed by atoms with Gasteiger partial charge in [0.25, 0.3) is 5.95 Å². The lowest BCUT2D eigenvalue weighted by Gasteiger charge is -2.31. The number of rotatable bonds is 5. The third-order valence-corrected chi connectivity index (χ3v) is 4.43. The first-order chi connectivity index (χ1) is 12.3. The second-order valence-corrected chi connectivity index (χ2v) is 7.45. The van der Waals surface area contributed by atoms with Gasteiger partial charge >= 0.3 is 0 Å². The van der Waals surface area contributed by atoms with Gasteiger partial charge in [0.05, 0.1) is 5.92 Å². The van der Waals surface area contributed by atoms with Crippen molar-refractivity contribution in [2.45, 2.75) is 38.5 Å². The van der Waals surface area contributed by atoms with E-state index in [0.29, 0.717) is 17.8 Å². The Morgan fingerprint density at radius 2 is 1.73 bits per heavy atom. The van der Waals surface area contributed by atoms with Crippen LogP contribution in [0.1, 0.15) is 50.2 Å². The van der Waals surface area contributed by atoms with Crippen LogP contribution in [0.25, 0.3) is 0 Å². The molecule has 0 N–H and O–H groups in total. The molecule has 0 bridgehead atoms. The van der Waals surface area contributed by atoms with Crippen LogP contribution < -0.4 is 14.7 Å². The Morgan fingerprint density at radius 3 is 2.35 bits per heavy atom. The molecule has 26 heavy (non-hydrogen) atoms. The zero-order chi connectivity index (χ0) is 18.8. The fourth-order valence-electron chi connectivity index (χ4n) is 2.90. The van der Waals surface area contributed by atoms with Crippen LogP contribution >= 0.6 is 0 Å². The van der Waals surface area contributed by atoms with Crippen molar-refractivity contribution >= 4 is 17.8 Å². The van der Waals surface area contributed by atoms with E-state index < -0.39 is 0 Å². The Balaban J connectivity index is 1.84. The molecule has 1 fully saturated rings. The lowest BCUT2D eigenvalue weighted by Crippen LogP contribution is -2.36. The predicted octanol–water partition coefficient (Wildman–Crippen LogP) is 1.89. The van der Waals surface area contributed by atoms with E-state index >= 15 is 0 Å². The smallest absolute Gasteiger partial charge is 0.265 e. The Labute approximate surface area is 154 Å². The average Bonchev–Trinajstić information content (AvgIpc) is 3.12. The number of hydrogen-bond acceptors (Lipinski definition) is 9. The van der Waals surface area contributed by atoms with Gasteiger partial charge in [0.1, 0.15) is 5.82 Å². The second kappa shape index (κ2) is 7.43. The minimum atomic E-state index is 0.187. The molecule has 0 aromatic carbocycles. The quantitative estimate of drug-likeness (QED) is 0.793. The zero-order valence-electron chi connectivity index (χ0n) is 16.5. The fourth-order valence-corrected chi connectivity index (χ4v) is 2.90. The maximum Gasteiger partial charge on any atom is 0.265 e. The van der Waals surface area contributed by atoms with Crippen molar-refractivity contribution in [3.8, 4) is 0 Å². The Hall–Kier alpha value is -2.45. The van der Waals surface area contributed by atoms with Gasteiger partial charge < -0.3 is 19.2 Å². The molecule has 1 unspecified atom stereocenters. The third kappa shape index (κ3) is 3.86. The van der Waals surface area contributed by atoms with Crippen molar-refractivity contribution in [3.63, 3.8) is 0 Å². The van der Waals surface area contributed by atoms with Gasteiger partial charge in [0.2, 0.25) is 17.8 Å². The largest absolute Gasteiger partial charge is 0.347 e. The summed E-state index contributed by atoms with van der Waals surface area (Å²) in [6, 6.07) is 0. The minimum absolute atomic E-state index is 0.187. The van der Waals surface area contributed by atoms with E-state index in [2.05, 4.69) is 38.9 Å². The second-order valence-electron chi connectivity index (χ2n) is 7.45. The maximum atomic E-state index is 5.48. The standard InChI is InChI=1S/C17H28N8O/c1-11(2)13-18-15(23(3)4)21-16(19-13)25-9-7-8-12(10-25)14-20-17(22-26-14)24(5)6/h11-12H,7-10H2,1-6H3. The van der Waals surface area contributed by atoms with Crippen LogP contribution in [0.2, 0.25) is 0 Å². The SMILES string of the molecule is CC(C)c1nc(N(C)C)nc(N2CCCC(c3nc(N(C)C)no3)C2)n1. The van der Waals surface area contributed by atoms with Crippen molar-refractivity contribution in [1.29, 1.82) is 0 Å². The molecule has 0 amide bonds. The minimum Gasteiger partial charge on any atom is -0.347 e. The van der Waals surface area contributed by atoms with Crippen molar-refractivity contribution in [1.82, 2.24) is 25.1 Å². The highest BCUT2D eigenvalue weighted by Crippen LogP contribution is 2.29. The molecule has 1 saturated heterocycles. The molecule has 0 saturated carbocycles. The molecule has 1 aliphatic rings. The van der Waals surface area contributed by atoms with Gasteiger partial charge in [-0.05, 0) is 18.0 Å². The van der Waals surface area contributed by atoms with E-state index in [-0.39, 0.29) is 11.8 Å². The molecule has 142 valence electrons. The summed E-state index contributed by atoms with van der Waals surface area (Å²) in [6.45, 7) is 5.88. The molecule has 9 heteroatoms. The monoisotopic (exact) mass is 360 g/mol. The maximum absolute atomic E-state index is 5.48. The molecular weight excluding hydrogens is 332 g/mol. The molecule has 0 aliphatic carbocycles. The predicted molar refractivity (Wildman–Crippen MR) is 101 cm³/mol. The highest BCUT2D eigenvalue weighted by atomic mass is 16.5. The van der Waals surface area contributed by atoms with Crippen LogP contribution in [0.3, 0.4) is 0 Å². The molecule has 1 atom stereocenters. The normalized spacial score (nSPS) is 17.7. The molecule has 0 radical (unpaired) electrons. The summed E-state index contributed by atoms with van der Waals surface area (Å²) < 4.78 is 5.48. The van der Waals surface area contributed by atoms with E-state index in [9.17, 15) is 0 Å². The third-order valence-electron chi connectivity index (χ3n) is 4.43. The number of hydrogen-bond donors (Lipinski definition) is 0. The van der Waals surface area contributed by atoms with Crippen molar-refractivity contribution in [3.05, 3.63) is 11.7 Å². The molecule has 2 aromatic rings. The fraction of sp³-hybridized carbons (Fsp3) is 0.706. The van der Waals surface area contributed by atoms with Crippen LogP contribution in [0, 0.1) is 0 Å². The first kappa shape index (κ1) is 18.3. The number of aromatic nitrogens is 5. The first-order valence-corrected chi connectivity index (χ1v) is 9.04. The number of nitrogens with zero attached hydrogens (tertiary/aromatic N) is 8. The van der Waals surface area contributed by atoms with Crippen LogP contribution in [-0.2, 0) is 0 Å². The summed E-state index contributed by atoms with van der Waals surface area (Å²) in [5.74, 6) is 3.95. The summed E-state index contributed by atoms with van der Waals surface area (Å²) in [5.41, 5.74) is 0. The van der Waals surface area contributed by atoms with E-state index in [0.717, 1.165) is 37.7 Å². The number of piperidine rings is 1. The van der Waals surface area contributed by atoms with E-state index in [1.54, 1.807) is 0 Å². The van der Waals surface area contributed by atoms with E-state index in [1.807, 2.05) is 38.0 Å². The lowest BCUT2D eigenvalue weighted by atomic mass is 9.98. The number of anilines is 3. The Kier molecular flexibility index (Phi) is 5.24. The van der Waals surface area contributed by atoms with Crippen LogP contribution in [0.5, 0.6) is 0 Å². The highest BCUT2D eigenvalue weighted by molar-refractivity contribution is 5.39. The summed E-state index contributed by atoms with van der Waals surface area (Å²) in [4.78, 5) is 24.4. The molecule has 1 aliphatic heterocycles. The first-order valence-electron chi connectivity index (χ1n) is 9.04. The zero-order valence-corrected chi connectivity index (χ0v) is 16.5. The lowest BCUT2D eigenvalue weighted by molar-refractivity contribution is 0.332. The highest BCUT2D eigenvalue weighted by Gasteiger charge is 2.28. The van der Waals surface area contributed by atoms with Gasteiger partial charge in [-0.3, -0.25) is 0 Å². The van der Waals surface area contributed by atoms with Gasteiger partial charge in [-0.15, -0.1) is 0 Å². The van der Waals surface area contributed by atoms with Crippen molar-refractivity contribution < 1.29 is 4.52 Å². The van der Waals surface area contributed by atoms with E-state index in [4.69, 9.17) is 9.51 Å². The average molecular weight is 360 g/mol. The van der Waals surface area contributed by atoms with Gasteiger partial charge in [0, 0.05) is 47.2 Å². The summed E-state index contributed by atoms with van der Waals surface area (Å²) in [5, 5.41) is 4.04. The molecule has 2 aromatic heterocycles. The molecule has 0 spiro atoms. The van der Waals surface area contributed by atoms with Crippen LogP contribution in [-0.4, -0.2) is 66.4 Å². The Bertz CT molecular complexity index is 716. The van der Waals surface area contributed by atoms with Crippen molar-refractivity contribution in [2.75, 3.05) is 56.0 Å². The molecule has 9 nitrogen and oxygen atoms in total. The van der Waals surface area contributed by atoms with Gasteiger partial charge in [0.15, 0.2) is 0 Å². The van der Waals surface area contributed by atoms with Crippen molar-refractivity contribution in [2.24, 2.45) is 0 Å². The molecule has 3 heterocycles. The Morgan fingerprint density at radius 1 is 1.00 bits per heavy atom. The molecular formula is C17H28N8O. The topological polar surface area (TPSA) is 87.3 Å². The summed E-state index contributed by atoms with van der Waals surface area (Å²) in [6.07, 6.45) is 2.05. The van der Waals surface area contributed by atoms with Gasteiger partial charge in [-0.25, -0.2) is 0 Å². The van der Waals surface area contributed by atoms with Gasteiger partial charge in [-0.1, -0.05) is 13.8 Å². The molecule has 3 rings (SSSR count). The van der Waals surface area contributed by atoms with Gasteiger partial charge in [-0.2, -0.15) is 19.9 Å². The summed E-state index contributed by atoms with van der Waals surface area (Å²) >= 11 is 0.